The lowest BCUT2D eigenvalue weighted by Crippen LogP contribution is -2.21. The van der Waals surface area contributed by atoms with Gasteiger partial charge in [0.05, 0.1) is 5.92 Å². The Balaban J connectivity index is 2.05. The van der Waals surface area contributed by atoms with Crippen LogP contribution < -0.4 is 10.5 Å². The molecule has 0 radical (unpaired) electrons. The maximum Gasteiger partial charge on any atom is 0.205 e. The molecule has 2 N–H and O–H groups in total. The van der Waals surface area contributed by atoms with Gasteiger partial charge >= 0.3 is 0 Å². The second-order valence-electron chi connectivity index (χ2n) is 5.65. The Kier molecular flexibility index (Phi) is 3.51. The predicted molar refractivity (Wildman–Crippen MR) is 97.4 cm³/mol. The first kappa shape index (κ1) is 14.8. The average Bonchev–Trinajstić information content (AvgIpc) is 2.61. The van der Waals surface area contributed by atoms with E-state index in [9.17, 15) is 5.26 Å². The lowest BCUT2D eigenvalue weighted by molar-refractivity contribution is 0.398. The number of benzene rings is 3. The summed E-state index contributed by atoms with van der Waals surface area (Å²) in [6.07, 6.45) is 0. The molecule has 1 heterocycles. The van der Waals surface area contributed by atoms with Crippen molar-refractivity contribution in [1.82, 2.24) is 0 Å². The monoisotopic (exact) mass is 376 g/mol. The summed E-state index contributed by atoms with van der Waals surface area (Å²) in [5, 5.41) is 11.7. The first-order chi connectivity index (χ1) is 11.7. The molecule has 1 aliphatic heterocycles. The number of rotatable bonds is 1. The molecule has 0 spiro atoms. The summed E-state index contributed by atoms with van der Waals surface area (Å²) >= 11 is 3.60. The fourth-order valence-corrected chi connectivity index (χ4v) is 3.73. The molecular weight excluding hydrogens is 364 g/mol. The molecule has 0 amide bonds. The molecule has 116 valence electrons. The van der Waals surface area contributed by atoms with Crippen LogP contribution in [0.25, 0.3) is 10.8 Å². The quantitative estimate of drug-likeness (QED) is 0.662. The maximum atomic E-state index is 9.64. The summed E-state index contributed by atoms with van der Waals surface area (Å²) in [7, 11) is 0. The third-order valence-corrected chi connectivity index (χ3v) is 5.05. The van der Waals surface area contributed by atoms with Crippen molar-refractivity contribution < 1.29 is 4.74 Å². The van der Waals surface area contributed by atoms with Crippen molar-refractivity contribution in [3.05, 3.63) is 87.7 Å². The molecule has 0 aliphatic carbocycles. The van der Waals surface area contributed by atoms with Crippen LogP contribution in [0.3, 0.4) is 0 Å². The Morgan fingerprint density at radius 3 is 2.50 bits per heavy atom. The molecule has 0 saturated heterocycles. The van der Waals surface area contributed by atoms with Gasteiger partial charge in [0.25, 0.3) is 0 Å². The molecule has 24 heavy (non-hydrogen) atoms. The van der Waals surface area contributed by atoms with Gasteiger partial charge in [0.2, 0.25) is 5.88 Å². The molecule has 0 saturated carbocycles. The van der Waals surface area contributed by atoms with Crippen molar-refractivity contribution in [1.29, 1.82) is 5.26 Å². The number of ether oxygens (including phenoxy) is 1. The SMILES string of the molecule is N#CC1=C(N)Oc2c(ccc3ccccc23)[C@H]1c1ccccc1Br. The van der Waals surface area contributed by atoms with Crippen LogP contribution in [0.1, 0.15) is 17.0 Å². The lowest BCUT2D eigenvalue weighted by Gasteiger charge is -2.28. The fourth-order valence-electron chi connectivity index (χ4n) is 3.22. The van der Waals surface area contributed by atoms with E-state index < -0.39 is 0 Å². The van der Waals surface area contributed by atoms with Crippen LogP contribution in [0.5, 0.6) is 5.75 Å². The van der Waals surface area contributed by atoms with Crippen LogP contribution in [0.4, 0.5) is 0 Å². The Hall–Kier alpha value is -2.77. The summed E-state index contributed by atoms with van der Waals surface area (Å²) < 4.78 is 6.80. The van der Waals surface area contributed by atoms with Gasteiger partial charge in [-0.1, -0.05) is 70.5 Å². The van der Waals surface area contributed by atoms with Gasteiger partial charge in [-0.25, -0.2) is 0 Å². The predicted octanol–water partition coefficient (Wildman–Crippen LogP) is 4.82. The number of halogens is 1. The molecule has 1 atom stereocenters. The highest BCUT2D eigenvalue weighted by molar-refractivity contribution is 9.10. The van der Waals surface area contributed by atoms with Crippen molar-refractivity contribution in [3.63, 3.8) is 0 Å². The number of hydrogen-bond donors (Lipinski definition) is 1. The molecule has 4 heteroatoms. The Morgan fingerprint density at radius 2 is 1.71 bits per heavy atom. The van der Waals surface area contributed by atoms with E-state index in [0.717, 1.165) is 32.1 Å². The normalized spacial score (nSPS) is 16.4. The van der Waals surface area contributed by atoms with Crippen molar-refractivity contribution in [3.8, 4) is 11.8 Å². The summed E-state index contributed by atoms with van der Waals surface area (Å²) in [6, 6.07) is 22.2. The topological polar surface area (TPSA) is 59.0 Å². The van der Waals surface area contributed by atoms with Crippen molar-refractivity contribution >= 4 is 26.7 Å². The largest absolute Gasteiger partial charge is 0.440 e. The fraction of sp³-hybridized carbons (Fsp3) is 0.0500. The third-order valence-electron chi connectivity index (χ3n) is 4.32. The molecule has 0 fully saturated rings. The molecule has 4 rings (SSSR count). The van der Waals surface area contributed by atoms with Crippen LogP contribution >= 0.6 is 15.9 Å². The number of hydrogen-bond acceptors (Lipinski definition) is 3. The zero-order valence-corrected chi connectivity index (χ0v) is 14.2. The molecule has 3 aromatic rings. The van der Waals surface area contributed by atoms with Crippen molar-refractivity contribution in [2.45, 2.75) is 5.92 Å². The van der Waals surface area contributed by atoms with Gasteiger partial charge in [-0.2, -0.15) is 5.26 Å². The van der Waals surface area contributed by atoms with Gasteiger partial charge in [0.15, 0.2) is 0 Å². The number of allylic oxidation sites excluding steroid dienone is 1. The van der Waals surface area contributed by atoms with Crippen LogP contribution in [0, 0.1) is 11.3 Å². The van der Waals surface area contributed by atoms with Crippen LogP contribution in [0.2, 0.25) is 0 Å². The molecule has 3 aromatic carbocycles. The summed E-state index contributed by atoms with van der Waals surface area (Å²) in [4.78, 5) is 0. The van der Waals surface area contributed by atoms with Crippen molar-refractivity contribution in [2.24, 2.45) is 5.73 Å². The van der Waals surface area contributed by atoms with Crippen LogP contribution in [-0.2, 0) is 0 Å². The molecular formula is C20H13BrN2O. The van der Waals surface area contributed by atoms with E-state index in [2.05, 4.69) is 28.1 Å². The summed E-state index contributed by atoms with van der Waals surface area (Å²) in [6.45, 7) is 0. The number of nitriles is 1. The molecule has 0 unspecified atom stereocenters. The molecule has 1 aliphatic rings. The first-order valence-corrected chi connectivity index (χ1v) is 8.33. The van der Waals surface area contributed by atoms with E-state index in [1.807, 2.05) is 54.6 Å². The lowest BCUT2D eigenvalue weighted by atomic mass is 9.82. The minimum absolute atomic E-state index is 0.169. The average molecular weight is 377 g/mol. The smallest absolute Gasteiger partial charge is 0.205 e. The van der Waals surface area contributed by atoms with Gasteiger partial charge in [0.1, 0.15) is 17.4 Å². The van der Waals surface area contributed by atoms with Crippen LogP contribution in [0.15, 0.2) is 76.6 Å². The van der Waals surface area contributed by atoms with Gasteiger partial charge < -0.3 is 10.5 Å². The highest BCUT2D eigenvalue weighted by atomic mass is 79.9. The summed E-state index contributed by atoms with van der Waals surface area (Å²) in [5.41, 5.74) is 8.48. The third kappa shape index (κ3) is 2.17. The highest BCUT2D eigenvalue weighted by Gasteiger charge is 2.32. The van der Waals surface area contributed by atoms with E-state index in [-0.39, 0.29) is 11.8 Å². The molecule has 0 aromatic heterocycles. The highest BCUT2D eigenvalue weighted by Crippen LogP contribution is 2.46. The number of nitrogens with zero attached hydrogens (tertiary/aromatic N) is 1. The van der Waals surface area contributed by atoms with Crippen LogP contribution in [-0.4, -0.2) is 0 Å². The molecule has 0 bridgehead atoms. The number of fused-ring (bicyclic) bond motifs is 3. The van der Waals surface area contributed by atoms with Gasteiger partial charge in [-0.15, -0.1) is 0 Å². The van der Waals surface area contributed by atoms with Crippen molar-refractivity contribution in [2.75, 3.05) is 0 Å². The minimum Gasteiger partial charge on any atom is -0.440 e. The number of nitrogens with two attached hydrogens (primary N) is 1. The van der Waals surface area contributed by atoms with Gasteiger partial charge in [-0.3, -0.25) is 0 Å². The van der Waals surface area contributed by atoms with Gasteiger partial charge in [-0.05, 0) is 17.0 Å². The zero-order valence-electron chi connectivity index (χ0n) is 12.7. The van der Waals surface area contributed by atoms with E-state index in [0.29, 0.717) is 5.57 Å². The van der Waals surface area contributed by atoms with Gasteiger partial charge in [0, 0.05) is 15.4 Å². The molecule has 3 nitrogen and oxygen atoms in total. The second kappa shape index (κ2) is 5.70. The minimum atomic E-state index is -0.251. The summed E-state index contributed by atoms with van der Waals surface area (Å²) in [5.74, 6) is 0.645. The Morgan fingerprint density at radius 1 is 0.958 bits per heavy atom. The van der Waals surface area contributed by atoms with E-state index in [1.54, 1.807) is 0 Å². The van der Waals surface area contributed by atoms with E-state index in [4.69, 9.17) is 10.5 Å². The maximum absolute atomic E-state index is 9.64. The van der Waals surface area contributed by atoms with E-state index in [1.165, 1.54) is 0 Å². The zero-order chi connectivity index (χ0) is 16.7. The van der Waals surface area contributed by atoms with E-state index >= 15 is 0 Å². The Bertz CT molecular complexity index is 1030. The first-order valence-electron chi connectivity index (χ1n) is 7.54. The Labute approximate surface area is 148 Å². The second-order valence-corrected chi connectivity index (χ2v) is 6.51. The standard InChI is InChI=1S/C20H13BrN2O/c21-17-8-4-3-7-14(17)18-15-10-9-12-5-1-2-6-13(12)19(15)24-20(23)16(18)11-22/h1-10,18H,23H2/t18-/m1/s1.